The Kier molecular flexibility index (Phi) is 7.84. The molecule has 2 saturated heterocycles. The summed E-state index contributed by atoms with van der Waals surface area (Å²) >= 11 is 0. The molecular weight excluding hydrogens is 408 g/mol. The normalized spacial score (nSPS) is 17.9. The Morgan fingerprint density at radius 2 is 1.84 bits per heavy atom. The molecule has 9 nitrogen and oxygen atoms in total. The fraction of sp³-hybridized carbons (Fsp3) is 0.565. The zero-order chi connectivity index (χ0) is 22.2. The number of rotatable bonds is 9. The molecule has 0 aliphatic carbocycles. The molecule has 2 aromatic rings. The lowest BCUT2D eigenvalue weighted by Crippen LogP contribution is -2.37. The fourth-order valence-corrected chi connectivity index (χ4v) is 4.53. The van der Waals surface area contributed by atoms with Crippen LogP contribution in [0.25, 0.3) is 0 Å². The highest BCUT2D eigenvalue weighted by atomic mass is 16.6. The van der Waals surface area contributed by atoms with E-state index in [4.69, 9.17) is 4.74 Å². The number of nitrogens with zero attached hydrogens (tertiary/aromatic N) is 5. The van der Waals surface area contributed by atoms with E-state index in [2.05, 4.69) is 44.5 Å². The van der Waals surface area contributed by atoms with Crippen molar-refractivity contribution in [1.29, 1.82) is 0 Å². The van der Waals surface area contributed by atoms with Crippen molar-refractivity contribution in [2.75, 3.05) is 62.7 Å². The van der Waals surface area contributed by atoms with Crippen LogP contribution in [0.4, 0.5) is 17.3 Å². The molecule has 9 heteroatoms. The van der Waals surface area contributed by atoms with E-state index in [1.165, 1.54) is 11.9 Å². The predicted octanol–water partition coefficient (Wildman–Crippen LogP) is 2.98. The Balaban J connectivity index is 1.33. The Bertz CT molecular complexity index is 867. The minimum absolute atomic E-state index is 0.0135. The molecule has 2 aliphatic rings. The zero-order valence-corrected chi connectivity index (χ0v) is 18.5. The van der Waals surface area contributed by atoms with Crippen LogP contribution in [-0.4, -0.2) is 72.3 Å². The van der Waals surface area contributed by atoms with Gasteiger partial charge in [0.25, 0.3) is 0 Å². The summed E-state index contributed by atoms with van der Waals surface area (Å²) in [4.78, 5) is 24.4. The first-order valence-electron chi connectivity index (χ1n) is 11.5. The van der Waals surface area contributed by atoms with Crippen LogP contribution in [0.1, 0.15) is 24.8 Å². The van der Waals surface area contributed by atoms with Crippen molar-refractivity contribution in [3.8, 4) is 0 Å². The molecule has 1 aromatic carbocycles. The molecule has 32 heavy (non-hydrogen) atoms. The fourth-order valence-electron chi connectivity index (χ4n) is 4.53. The standard InChI is InChI=1S/C23H32N6O3/c30-29(31)21-22(24-9-4-10-27-13-15-32-16-14-27)25-18-26-23(21)28-11-7-20(8-12-28)17-19-5-2-1-3-6-19/h1-3,5-6,18,20H,4,7-17H2,(H,24,25,26). The van der Waals surface area contributed by atoms with Crippen LogP contribution in [0.5, 0.6) is 0 Å². The monoisotopic (exact) mass is 440 g/mol. The SMILES string of the molecule is O=[N+]([O-])c1c(NCCCN2CCOCC2)ncnc1N1CCC(Cc2ccccc2)CC1. The summed E-state index contributed by atoms with van der Waals surface area (Å²) in [6, 6.07) is 10.5. The second kappa shape index (κ2) is 11.2. The van der Waals surface area contributed by atoms with Crippen LogP contribution in [0.15, 0.2) is 36.7 Å². The highest BCUT2D eigenvalue weighted by Crippen LogP contribution is 2.34. The number of nitrogens with one attached hydrogen (secondary N) is 1. The van der Waals surface area contributed by atoms with Gasteiger partial charge in [-0.2, -0.15) is 0 Å². The maximum atomic E-state index is 11.9. The molecule has 0 saturated carbocycles. The van der Waals surface area contributed by atoms with Gasteiger partial charge >= 0.3 is 5.69 Å². The van der Waals surface area contributed by atoms with E-state index in [1.54, 1.807) is 0 Å². The number of aromatic nitrogens is 2. The molecule has 1 N–H and O–H groups in total. The van der Waals surface area contributed by atoms with Gasteiger partial charge in [0.15, 0.2) is 0 Å². The summed E-state index contributed by atoms with van der Waals surface area (Å²) in [6.45, 7) is 6.55. The molecule has 2 aliphatic heterocycles. The molecule has 0 spiro atoms. The summed E-state index contributed by atoms with van der Waals surface area (Å²) in [6.07, 6.45) is 5.37. The number of benzene rings is 1. The van der Waals surface area contributed by atoms with Crippen LogP contribution in [0, 0.1) is 16.0 Å². The van der Waals surface area contributed by atoms with Crippen molar-refractivity contribution < 1.29 is 9.66 Å². The number of hydrogen-bond acceptors (Lipinski definition) is 8. The van der Waals surface area contributed by atoms with Crippen LogP contribution in [0.2, 0.25) is 0 Å². The van der Waals surface area contributed by atoms with E-state index in [1.807, 2.05) is 11.0 Å². The van der Waals surface area contributed by atoms with Crippen LogP contribution < -0.4 is 10.2 Å². The second-order valence-electron chi connectivity index (χ2n) is 8.51. The van der Waals surface area contributed by atoms with Gasteiger partial charge in [-0.1, -0.05) is 30.3 Å². The number of anilines is 2. The van der Waals surface area contributed by atoms with Crippen molar-refractivity contribution in [1.82, 2.24) is 14.9 Å². The zero-order valence-electron chi connectivity index (χ0n) is 18.5. The van der Waals surface area contributed by atoms with Crippen LogP contribution >= 0.6 is 0 Å². The second-order valence-corrected chi connectivity index (χ2v) is 8.51. The van der Waals surface area contributed by atoms with E-state index in [0.29, 0.717) is 24.1 Å². The topological polar surface area (TPSA) is 96.7 Å². The van der Waals surface area contributed by atoms with Gasteiger partial charge in [0, 0.05) is 32.7 Å². The minimum Gasteiger partial charge on any atom is -0.379 e. The van der Waals surface area contributed by atoms with E-state index >= 15 is 0 Å². The van der Waals surface area contributed by atoms with E-state index < -0.39 is 0 Å². The molecule has 3 heterocycles. The lowest BCUT2D eigenvalue weighted by Gasteiger charge is -2.32. The van der Waals surface area contributed by atoms with Crippen molar-refractivity contribution in [2.45, 2.75) is 25.7 Å². The first-order chi connectivity index (χ1) is 15.7. The summed E-state index contributed by atoms with van der Waals surface area (Å²) in [5, 5.41) is 15.1. The third-order valence-electron chi connectivity index (χ3n) is 6.31. The lowest BCUT2D eigenvalue weighted by atomic mass is 9.90. The molecule has 0 radical (unpaired) electrons. The number of hydrogen-bond donors (Lipinski definition) is 1. The Hall–Kier alpha value is -2.78. The molecular formula is C23H32N6O3. The molecule has 1 aromatic heterocycles. The van der Waals surface area contributed by atoms with Crippen molar-refractivity contribution >= 4 is 17.3 Å². The van der Waals surface area contributed by atoms with Gasteiger partial charge in [-0.15, -0.1) is 0 Å². The molecule has 172 valence electrons. The maximum absolute atomic E-state index is 11.9. The summed E-state index contributed by atoms with van der Waals surface area (Å²) in [7, 11) is 0. The van der Waals surface area contributed by atoms with Crippen molar-refractivity contribution in [3.63, 3.8) is 0 Å². The van der Waals surface area contributed by atoms with E-state index in [0.717, 1.165) is 71.6 Å². The molecule has 0 atom stereocenters. The van der Waals surface area contributed by atoms with Gasteiger partial charge in [-0.3, -0.25) is 15.0 Å². The van der Waals surface area contributed by atoms with Crippen molar-refractivity contribution in [3.05, 3.63) is 52.3 Å². The van der Waals surface area contributed by atoms with E-state index in [-0.39, 0.29) is 10.6 Å². The first-order valence-corrected chi connectivity index (χ1v) is 11.5. The number of ether oxygens (including phenoxy) is 1. The first kappa shape index (κ1) is 22.4. The number of piperidine rings is 1. The van der Waals surface area contributed by atoms with Crippen LogP contribution in [-0.2, 0) is 11.2 Å². The molecule has 0 amide bonds. The smallest absolute Gasteiger partial charge is 0.353 e. The highest BCUT2D eigenvalue weighted by molar-refractivity contribution is 5.70. The molecule has 0 unspecified atom stereocenters. The molecule has 2 fully saturated rings. The van der Waals surface area contributed by atoms with Gasteiger partial charge in [0.2, 0.25) is 11.6 Å². The van der Waals surface area contributed by atoms with Gasteiger partial charge in [-0.25, -0.2) is 9.97 Å². The predicted molar refractivity (Wildman–Crippen MR) is 124 cm³/mol. The lowest BCUT2D eigenvalue weighted by molar-refractivity contribution is -0.383. The van der Waals surface area contributed by atoms with Crippen LogP contribution in [0.3, 0.4) is 0 Å². The third-order valence-corrected chi connectivity index (χ3v) is 6.31. The third kappa shape index (κ3) is 5.92. The van der Waals surface area contributed by atoms with Gasteiger partial charge in [0.05, 0.1) is 18.1 Å². The summed E-state index contributed by atoms with van der Waals surface area (Å²) in [5.74, 6) is 1.33. The summed E-state index contributed by atoms with van der Waals surface area (Å²) < 4.78 is 5.37. The number of nitro groups is 1. The van der Waals surface area contributed by atoms with Gasteiger partial charge in [0.1, 0.15) is 6.33 Å². The van der Waals surface area contributed by atoms with E-state index in [9.17, 15) is 10.1 Å². The van der Waals surface area contributed by atoms with Crippen molar-refractivity contribution in [2.24, 2.45) is 5.92 Å². The average molecular weight is 441 g/mol. The Morgan fingerprint density at radius 1 is 1.09 bits per heavy atom. The maximum Gasteiger partial charge on any atom is 0.353 e. The Labute approximate surface area is 188 Å². The Morgan fingerprint density at radius 3 is 2.56 bits per heavy atom. The minimum atomic E-state index is -0.351. The van der Waals surface area contributed by atoms with Gasteiger partial charge < -0.3 is 15.0 Å². The van der Waals surface area contributed by atoms with Gasteiger partial charge in [-0.05, 0) is 43.7 Å². The molecule has 4 rings (SSSR count). The average Bonchev–Trinajstić information content (AvgIpc) is 2.83. The highest BCUT2D eigenvalue weighted by Gasteiger charge is 2.29. The number of morpholine rings is 1. The molecule has 0 bridgehead atoms. The summed E-state index contributed by atoms with van der Waals surface area (Å²) in [5.41, 5.74) is 1.34. The quantitative estimate of drug-likeness (QED) is 0.361. The largest absolute Gasteiger partial charge is 0.379 e.